The third-order valence-corrected chi connectivity index (χ3v) is 6.64. The fourth-order valence-corrected chi connectivity index (χ4v) is 5.26. The predicted molar refractivity (Wildman–Crippen MR) is 123 cm³/mol. The fraction of sp³-hybridized carbons (Fsp3) is 0.300. The van der Waals surface area contributed by atoms with Crippen LogP contribution < -0.4 is 15.0 Å². The van der Waals surface area contributed by atoms with Crippen molar-refractivity contribution >= 4 is 68.1 Å². The molecule has 2 aliphatic heterocycles. The molecular weight excluding hydrogens is 497 g/mol. The average Bonchev–Trinajstić information content (AvgIpc) is 2.63. The lowest BCUT2D eigenvalue weighted by atomic mass is 9.78. The number of benzene rings is 2. The minimum Gasteiger partial charge on any atom is -0.465 e. The molecule has 0 unspecified atom stereocenters. The normalized spacial score (nSPS) is 25.0. The highest BCUT2D eigenvalue weighted by atomic mass is 79.9. The maximum Gasteiger partial charge on any atom is 0.233 e. The van der Waals surface area contributed by atoms with Gasteiger partial charge in [-0.1, -0.05) is 39.1 Å². The van der Waals surface area contributed by atoms with Gasteiger partial charge in [0.1, 0.15) is 11.7 Å². The van der Waals surface area contributed by atoms with Crippen LogP contribution in [0.3, 0.4) is 0 Å². The largest absolute Gasteiger partial charge is 0.465 e. The smallest absolute Gasteiger partial charge is 0.233 e. The van der Waals surface area contributed by atoms with Crippen LogP contribution in [0.1, 0.15) is 18.5 Å². The Bertz CT molecular complexity index is 1020. The van der Waals surface area contributed by atoms with Crippen molar-refractivity contribution in [2.45, 2.75) is 18.7 Å². The Kier molecular flexibility index (Phi) is 5.22. The number of anilines is 1. The highest BCUT2D eigenvalue weighted by Gasteiger charge is 2.59. The van der Waals surface area contributed by atoms with Crippen molar-refractivity contribution in [2.24, 2.45) is 5.92 Å². The minimum absolute atomic E-state index is 0.0867. The molecule has 9 heteroatoms. The van der Waals surface area contributed by atoms with Gasteiger partial charge in [0.05, 0.1) is 11.1 Å². The summed E-state index contributed by atoms with van der Waals surface area (Å²) in [7, 11) is 3.45. The zero-order chi connectivity index (χ0) is 21.1. The summed E-state index contributed by atoms with van der Waals surface area (Å²) in [6.07, 6.45) is 0. The molecule has 0 radical (unpaired) electrons. The Morgan fingerprint density at radius 3 is 2.55 bits per heavy atom. The summed E-state index contributed by atoms with van der Waals surface area (Å²) < 4.78 is 7.41. The van der Waals surface area contributed by atoms with Crippen molar-refractivity contribution in [3.63, 3.8) is 0 Å². The van der Waals surface area contributed by atoms with Crippen LogP contribution in [0.4, 0.5) is 5.69 Å². The Labute approximate surface area is 193 Å². The van der Waals surface area contributed by atoms with Crippen LogP contribution in [-0.2, 0) is 4.79 Å². The van der Waals surface area contributed by atoms with Crippen LogP contribution in [-0.4, -0.2) is 35.7 Å². The molecule has 2 bridgehead atoms. The Balaban J connectivity index is 1.94. The maximum absolute atomic E-state index is 13.3. The second kappa shape index (κ2) is 7.30. The van der Waals surface area contributed by atoms with E-state index in [1.54, 1.807) is 31.1 Å². The molecule has 0 aliphatic carbocycles. The summed E-state index contributed by atoms with van der Waals surface area (Å²) in [5, 5.41) is 4.66. The molecule has 2 aliphatic rings. The number of fused-ring (bicyclic) bond motifs is 4. The minimum atomic E-state index is -1.09. The third kappa shape index (κ3) is 3.28. The molecule has 1 amide bonds. The van der Waals surface area contributed by atoms with Gasteiger partial charge in [-0.15, -0.1) is 0 Å². The molecule has 0 saturated carbocycles. The molecule has 2 aromatic carbocycles. The average molecular weight is 515 g/mol. The number of carbonyl (C=O) groups excluding carboxylic acids is 1. The van der Waals surface area contributed by atoms with Gasteiger partial charge in [-0.3, -0.25) is 9.69 Å². The number of nitrogens with zero attached hydrogens (tertiary/aromatic N) is 2. The number of carbonyl (C=O) groups is 1. The summed E-state index contributed by atoms with van der Waals surface area (Å²) in [6, 6.07) is 10.7. The van der Waals surface area contributed by atoms with Crippen LogP contribution in [0.2, 0.25) is 10.0 Å². The number of thiocarbonyl (C=S) groups is 1. The molecule has 0 spiro atoms. The number of ether oxygens (including phenoxy) is 1. The zero-order valence-electron chi connectivity index (χ0n) is 15.9. The van der Waals surface area contributed by atoms with E-state index >= 15 is 0 Å². The van der Waals surface area contributed by atoms with Gasteiger partial charge in [0.25, 0.3) is 0 Å². The SMILES string of the molecule is CN(C)C(=O)[C@@H]1[C@H]2NC(=S)N(c3ccc(Br)cc3)[C@@]1(C)Oc1c(Cl)cc(Cl)cc12. The van der Waals surface area contributed by atoms with Gasteiger partial charge >= 0.3 is 0 Å². The van der Waals surface area contributed by atoms with E-state index in [1.807, 2.05) is 36.1 Å². The second-order valence-corrected chi connectivity index (χ2v) is 9.56. The van der Waals surface area contributed by atoms with E-state index in [0.29, 0.717) is 20.9 Å². The fourth-order valence-electron chi connectivity index (χ4n) is 4.04. The monoisotopic (exact) mass is 513 g/mol. The van der Waals surface area contributed by atoms with Crippen molar-refractivity contribution in [3.05, 3.63) is 56.5 Å². The molecule has 2 aromatic rings. The lowest BCUT2D eigenvalue weighted by molar-refractivity contribution is -0.144. The lowest BCUT2D eigenvalue weighted by Gasteiger charge is -2.56. The molecule has 1 saturated heterocycles. The van der Waals surface area contributed by atoms with Crippen molar-refractivity contribution in [1.82, 2.24) is 10.2 Å². The number of hydrogen-bond donors (Lipinski definition) is 1. The molecular formula is C20H18BrCl2N3O2S. The summed E-state index contributed by atoms with van der Waals surface area (Å²) in [6.45, 7) is 1.87. The van der Waals surface area contributed by atoms with Crippen LogP contribution >= 0.6 is 51.3 Å². The number of amides is 1. The summed E-state index contributed by atoms with van der Waals surface area (Å²) >= 11 is 21.9. The number of rotatable bonds is 2. The quantitative estimate of drug-likeness (QED) is 0.571. The van der Waals surface area contributed by atoms with Gasteiger partial charge in [0, 0.05) is 34.8 Å². The molecule has 5 nitrogen and oxygen atoms in total. The number of halogens is 3. The van der Waals surface area contributed by atoms with E-state index in [1.165, 1.54) is 0 Å². The van der Waals surface area contributed by atoms with Crippen LogP contribution in [0.15, 0.2) is 40.9 Å². The highest BCUT2D eigenvalue weighted by Crippen LogP contribution is 2.52. The van der Waals surface area contributed by atoms with Crippen molar-refractivity contribution < 1.29 is 9.53 Å². The number of hydrogen-bond acceptors (Lipinski definition) is 3. The van der Waals surface area contributed by atoms with Gasteiger partial charge in [-0.2, -0.15) is 0 Å². The zero-order valence-corrected chi connectivity index (χ0v) is 19.8. The Morgan fingerprint density at radius 1 is 1.28 bits per heavy atom. The van der Waals surface area contributed by atoms with Gasteiger partial charge < -0.3 is 15.0 Å². The van der Waals surface area contributed by atoms with E-state index in [-0.39, 0.29) is 5.91 Å². The summed E-state index contributed by atoms with van der Waals surface area (Å²) in [5.41, 5.74) is 0.432. The van der Waals surface area contributed by atoms with Gasteiger partial charge in [0.15, 0.2) is 10.8 Å². The molecule has 0 aromatic heterocycles. The first kappa shape index (κ1) is 20.7. The summed E-state index contributed by atoms with van der Waals surface area (Å²) in [5.74, 6) is -0.172. The first-order valence-corrected chi connectivity index (χ1v) is 10.8. The molecule has 3 atom stereocenters. The van der Waals surface area contributed by atoms with Crippen LogP contribution in [0, 0.1) is 5.92 Å². The van der Waals surface area contributed by atoms with Gasteiger partial charge in [-0.25, -0.2) is 0 Å². The van der Waals surface area contributed by atoms with Crippen molar-refractivity contribution in [3.8, 4) is 5.75 Å². The van der Waals surface area contributed by atoms with E-state index < -0.39 is 17.7 Å². The molecule has 152 valence electrons. The van der Waals surface area contributed by atoms with Crippen LogP contribution in [0.5, 0.6) is 5.75 Å². The molecule has 2 heterocycles. The second-order valence-electron chi connectivity index (χ2n) is 7.41. The van der Waals surface area contributed by atoms with E-state index in [2.05, 4.69) is 21.2 Å². The highest BCUT2D eigenvalue weighted by molar-refractivity contribution is 9.10. The number of nitrogens with one attached hydrogen (secondary N) is 1. The molecule has 1 N–H and O–H groups in total. The van der Waals surface area contributed by atoms with Crippen molar-refractivity contribution in [2.75, 3.05) is 19.0 Å². The lowest BCUT2D eigenvalue weighted by Crippen LogP contribution is -2.72. The van der Waals surface area contributed by atoms with E-state index in [0.717, 1.165) is 15.7 Å². The van der Waals surface area contributed by atoms with Gasteiger partial charge in [-0.05, 0) is 55.5 Å². The predicted octanol–water partition coefficient (Wildman–Crippen LogP) is 5.00. The van der Waals surface area contributed by atoms with Crippen LogP contribution in [0.25, 0.3) is 0 Å². The van der Waals surface area contributed by atoms with E-state index in [9.17, 15) is 4.79 Å². The van der Waals surface area contributed by atoms with E-state index in [4.69, 9.17) is 40.2 Å². The Hall–Kier alpha value is -1.54. The third-order valence-electron chi connectivity index (χ3n) is 5.31. The first-order valence-electron chi connectivity index (χ1n) is 8.89. The van der Waals surface area contributed by atoms with Crippen molar-refractivity contribution in [1.29, 1.82) is 0 Å². The molecule has 29 heavy (non-hydrogen) atoms. The molecule has 4 rings (SSSR count). The van der Waals surface area contributed by atoms with Gasteiger partial charge in [0.2, 0.25) is 5.91 Å². The Morgan fingerprint density at radius 2 is 1.93 bits per heavy atom. The molecule has 1 fully saturated rings. The topological polar surface area (TPSA) is 44.8 Å². The maximum atomic E-state index is 13.3. The summed E-state index contributed by atoms with van der Waals surface area (Å²) in [4.78, 5) is 16.7. The standard InChI is InChI=1S/C20H18BrCl2N3O2S/c1-20-15(18(27)25(2)3)16(13-8-11(22)9-14(23)17(13)28-20)24-19(29)26(20)12-6-4-10(21)5-7-12/h4-9,15-16H,1-3H3,(H,24,29)/t15-,16-,20-/m0/s1. The first-order chi connectivity index (χ1) is 13.6.